The van der Waals surface area contributed by atoms with Crippen LogP contribution in [0.4, 0.5) is 17.1 Å². The Morgan fingerprint density at radius 1 is 0.857 bits per heavy atom. The molecule has 0 aromatic heterocycles. The minimum atomic E-state index is -1.91. The molecular formula is C29H22N2O3S. The van der Waals surface area contributed by atoms with Crippen LogP contribution < -0.4 is 10.2 Å². The van der Waals surface area contributed by atoms with Crippen LogP contribution in [-0.2, 0) is 16.9 Å². The van der Waals surface area contributed by atoms with Crippen molar-refractivity contribution in [3.63, 3.8) is 0 Å². The summed E-state index contributed by atoms with van der Waals surface area (Å²) in [6.45, 7) is 0.326. The SMILES string of the molecule is O=C(CC1(O)C(=O)N(Cc2ccccc2)c2ccccc21)c1ccc2c(c1)Nc1ccccc1S2. The number of Topliss-reactive ketones (excluding diaryl/α,β-unsaturated/α-hetero) is 1. The number of fused-ring (bicyclic) bond motifs is 3. The number of nitrogens with zero attached hydrogens (tertiary/aromatic N) is 1. The fourth-order valence-electron chi connectivity index (χ4n) is 4.75. The van der Waals surface area contributed by atoms with Crippen LogP contribution in [0.2, 0.25) is 0 Å². The number of carbonyl (C=O) groups excluding carboxylic acids is 2. The van der Waals surface area contributed by atoms with E-state index in [0.29, 0.717) is 23.4 Å². The standard InChI is InChI=1S/C29H22N2O3S/c32-25(20-14-15-27-23(16-20)30-22-11-5-7-13-26(22)35-27)17-29(34)21-10-4-6-12-24(21)31(28(29)33)18-19-8-2-1-3-9-19/h1-16,30,34H,17-18H2. The highest BCUT2D eigenvalue weighted by Crippen LogP contribution is 2.46. The van der Waals surface area contributed by atoms with Crippen molar-refractivity contribution in [3.05, 3.63) is 114 Å². The maximum atomic E-state index is 13.5. The van der Waals surface area contributed by atoms with Gasteiger partial charge in [-0.2, -0.15) is 0 Å². The molecule has 0 radical (unpaired) electrons. The molecule has 2 N–H and O–H groups in total. The second-order valence-corrected chi connectivity index (χ2v) is 9.87. The number of rotatable bonds is 5. The van der Waals surface area contributed by atoms with E-state index in [2.05, 4.69) is 11.4 Å². The molecule has 4 aromatic rings. The highest BCUT2D eigenvalue weighted by Gasteiger charge is 2.50. The lowest BCUT2D eigenvalue weighted by molar-refractivity contribution is -0.136. The molecule has 35 heavy (non-hydrogen) atoms. The molecule has 0 aliphatic carbocycles. The highest BCUT2D eigenvalue weighted by molar-refractivity contribution is 7.99. The molecule has 6 heteroatoms. The molecule has 6 rings (SSSR count). The summed E-state index contributed by atoms with van der Waals surface area (Å²) in [4.78, 5) is 30.6. The molecular weight excluding hydrogens is 456 g/mol. The number of ketones is 1. The van der Waals surface area contributed by atoms with Crippen molar-refractivity contribution in [2.24, 2.45) is 0 Å². The van der Waals surface area contributed by atoms with Gasteiger partial charge in [-0.1, -0.05) is 78.5 Å². The van der Waals surface area contributed by atoms with Crippen LogP contribution in [0.5, 0.6) is 0 Å². The number of carbonyl (C=O) groups is 2. The number of nitrogens with one attached hydrogen (secondary N) is 1. The van der Waals surface area contributed by atoms with Crippen LogP contribution in [-0.4, -0.2) is 16.8 Å². The lowest BCUT2D eigenvalue weighted by Crippen LogP contribution is -2.41. The third kappa shape index (κ3) is 3.71. The highest BCUT2D eigenvalue weighted by atomic mass is 32.2. The van der Waals surface area contributed by atoms with Crippen molar-refractivity contribution < 1.29 is 14.7 Å². The maximum absolute atomic E-state index is 13.5. The summed E-state index contributed by atoms with van der Waals surface area (Å²) < 4.78 is 0. The summed E-state index contributed by atoms with van der Waals surface area (Å²) in [5.74, 6) is -0.762. The van der Waals surface area contributed by atoms with Gasteiger partial charge in [0.25, 0.3) is 5.91 Å². The Morgan fingerprint density at radius 2 is 1.57 bits per heavy atom. The van der Waals surface area contributed by atoms with Crippen molar-refractivity contribution in [1.82, 2.24) is 0 Å². The summed E-state index contributed by atoms with van der Waals surface area (Å²) in [5.41, 5.74) is 2.43. The summed E-state index contributed by atoms with van der Waals surface area (Å²) >= 11 is 1.64. The molecule has 0 saturated carbocycles. The van der Waals surface area contributed by atoms with Crippen molar-refractivity contribution in [1.29, 1.82) is 0 Å². The average Bonchev–Trinajstić information content (AvgIpc) is 3.09. The normalized spacial score (nSPS) is 17.9. The lowest BCUT2D eigenvalue weighted by Gasteiger charge is -2.24. The maximum Gasteiger partial charge on any atom is 0.264 e. The van der Waals surface area contributed by atoms with Gasteiger partial charge in [0.2, 0.25) is 0 Å². The van der Waals surface area contributed by atoms with Gasteiger partial charge in [-0.15, -0.1) is 0 Å². The number of para-hydroxylation sites is 2. The minimum absolute atomic E-state index is 0.286. The van der Waals surface area contributed by atoms with E-state index in [4.69, 9.17) is 0 Å². The zero-order valence-electron chi connectivity index (χ0n) is 18.8. The average molecular weight is 479 g/mol. The zero-order valence-corrected chi connectivity index (χ0v) is 19.6. The Morgan fingerprint density at radius 3 is 2.43 bits per heavy atom. The molecule has 0 spiro atoms. The largest absolute Gasteiger partial charge is 0.375 e. The first kappa shape index (κ1) is 21.6. The van der Waals surface area contributed by atoms with E-state index in [1.54, 1.807) is 40.9 Å². The van der Waals surface area contributed by atoms with E-state index in [0.717, 1.165) is 26.7 Å². The van der Waals surface area contributed by atoms with Crippen molar-refractivity contribution in [3.8, 4) is 0 Å². The summed E-state index contributed by atoms with van der Waals surface area (Å²) in [6, 6.07) is 30.3. The quantitative estimate of drug-likeness (QED) is 0.308. The Hall–Kier alpha value is -3.87. The summed E-state index contributed by atoms with van der Waals surface area (Å²) in [6.07, 6.45) is -0.323. The molecule has 172 valence electrons. The monoisotopic (exact) mass is 478 g/mol. The van der Waals surface area contributed by atoms with Gasteiger partial charge in [-0.05, 0) is 35.9 Å². The molecule has 1 unspecified atom stereocenters. The number of anilines is 3. The van der Waals surface area contributed by atoms with Crippen LogP contribution in [0, 0.1) is 0 Å². The van der Waals surface area contributed by atoms with Gasteiger partial charge >= 0.3 is 0 Å². The smallest absolute Gasteiger partial charge is 0.264 e. The van der Waals surface area contributed by atoms with E-state index in [-0.39, 0.29) is 12.2 Å². The van der Waals surface area contributed by atoms with Gasteiger partial charge < -0.3 is 15.3 Å². The Kier molecular flexibility index (Phi) is 5.20. The van der Waals surface area contributed by atoms with Crippen molar-refractivity contribution >= 4 is 40.5 Å². The first-order valence-electron chi connectivity index (χ1n) is 11.4. The predicted molar refractivity (Wildman–Crippen MR) is 137 cm³/mol. The molecule has 1 amide bonds. The molecule has 4 aromatic carbocycles. The number of aliphatic hydroxyl groups is 1. The van der Waals surface area contributed by atoms with Gasteiger partial charge in [0.15, 0.2) is 11.4 Å². The molecule has 0 fully saturated rings. The van der Waals surface area contributed by atoms with Crippen LogP contribution in [0.15, 0.2) is 107 Å². The molecule has 5 nitrogen and oxygen atoms in total. The second kappa shape index (κ2) is 8.41. The Labute approximate surface area is 207 Å². The predicted octanol–water partition coefficient (Wildman–Crippen LogP) is 5.90. The van der Waals surface area contributed by atoms with E-state index >= 15 is 0 Å². The van der Waals surface area contributed by atoms with E-state index in [1.807, 2.05) is 66.7 Å². The Bertz CT molecular complexity index is 1470. The molecule has 2 aliphatic heterocycles. The first-order valence-corrected chi connectivity index (χ1v) is 12.2. The van der Waals surface area contributed by atoms with Crippen LogP contribution in [0.3, 0.4) is 0 Å². The molecule has 2 aliphatic rings. The van der Waals surface area contributed by atoms with Gasteiger partial charge in [0.05, 0.1) is 30.0 Å². The van der Waals surface area contributed by atoms with E-state index in [1.165, 1.54) is 0 Å². The third-order valence-corrected chi connectivity index (χ3v) is 7.67. The first-order chi connectivity index (χ1) is 17.0. The van der Waals surface area contributed by atoms with Crippen molar-refractivity contribution in [2.75, 3.05) is 10.2 Å². The van der Waals surface area contributed by atoms with Gasteiger partial charge in [0.1, 0.15) is 0 Å². The number of hydrogen-bond acceptors (Lipinski definition) is 5. The number of amides is 1. The number of hydrogen-bond donors (Lipinski definition) is 2. The molecule has 0 bridgehead atoms. The molecule has 0 saturated heterocycles. The second-order valence-electron chi connectivity index (χ2n) is 8.79. The Balaban J connectivity index is 1.29. The van der Waals surface area contributed by atoms with Crippen LogP contribution in [0.1, 0.15) is 27.9 Å². The molecule has 2 heterocycles. The number of benzene rings is 4. The lowest BCUT2D eigenvalue weighted by atomic mass is 9.88. The minimum Gasteiger partial charge on any atom is -0.375 e. The molecule has 1 atom stereocenters. The van der Waals surface area contributed by atoms with E-state index in [9.17, 15) is 14.7 Å². The summed E-state index contributed by atoms with van der Waals surface area (Å²) in [5, 5.41) is 15.0. The van der Waals surface area contributed by atoms with Crippen molar-refractivity contribution in [2.45, 2.75) is 28.4 Å². The third-order valence-electron chi connectivity index (χ3n) is 6.52. The fourth-order valence-corrected chi connectivity index (χ4v) is 5.72. The van der Waals surface area contributed by atoms with Crippen LogP contribution >= 0.6 is 11.8 Å². The van der Waals surface area contributed by atoms with Gasteiger partial charge in [-0.25, -0.2) is 0 Å². The van der Waals surface area contributed by atoms with Crippen LogP contribution in [0.25, 0.3) is 0 Å². The van der Waals surface area contributed by atoms with Gasteiger partial charge in [-0.3, -0.25) is 9.59 Å². The fraction of sp³-hybridized carbons (Fsp3) is 0.103. The van der Waals surface area contributed by atoms with Gasteiger partial charge in [0, 0.05) is 20.9 Å². The topological polar surface area (TPSA) is 69.6 Å². The van der Waals surface area contributed by atoms with E-state index < -0.39 is 11.5 Å². The summed E-state index contributed by atoms with van der Waals surface area (Å²) in [7, 11) is 0. The zero-order chi connectivity index (χ0) is 24.0.